The van der Waals surface area contributed by atoms with Gasteiger partial charge in [0.1, 0.15) is 5.75 Å². The second kappa shape index (κ2) is 7.08. The van der Waals surface area contributed by atoms with Gasteiger partial charge in [-0.1, -0.05) is 12.1 Å². The number of ether oxygens (including phenoxy) is 2. The van der Waals surface area contributed by atoms with E-state index in [0.717, 1.165) is 5.56 Å². The van der Waals surface area contributed by atoms with Gasteiger partial charge in [-0.3, -0.25) is 9.59 Å². The number of carbonyl (C=O) groups excluding carboxylic acids is 1. The minimum absolute atomic E-state index is 0.0260. The molecule has 1 aromatic carbocycles. The average Bonchev–Trinajstić information content (AvgIpc) is 2.47. The van der Waals surface area contributed by atoms with Crippen molar-refractivity contribution in [3.05, 3.63) is 29.8 Å². The van der Waals surface area contributed by atoms with Gasteiger partial charge < -0.3 is 19.5 Å². The molecule has 0 aromatic heterocycles. The summed E-state index contributed by atoms with van der Waals surface area (Å²) in [6.07, 6.45) is -0.231. The topological polar surface area (TPSA) is 76.1 Å². The third-order valence-electron chi connectivity index (χ3n) is 3.38. The van der Waals surface area contributed by atoms with Crippen LogP contribution in [0, 0.1) is 0 Å². The Kier molecular flexibility index (Phi) is 5.16. The Bertz CT molecular complexity index is 517. The van der Waals surface area contributed by atoms with Crippen molar-refractivity contribution in [1.82, 2.24) is 4.90 Å². The summed E-state index contributed by atoms with van der Waals surface area (Å²) < 4.78 is 10.5. The fourth-order valence-electron chi connectivity index (χ4n) is 2.33. The lowest BCUT2D eigenvalue weighted by Gasteiger charge is -2.32. The van der Waals surface area contributed by atoms with Gasteiger partial charge in [0.05, 0.1) is 32.7 Å². The third kappa shape index (κ3) is 4.46. The zero-order chi connectivity index (χ0) is 15.2. The molecule has 0 radical (unpaired) electrons. The minimum Gasteiger partial charge on any atom is -0.497 e. The number of amides is 1. The van der Waals surface area contributed by atoms with Crippen LogP contribution in [0.5, 0.6) is 5.75 Å². The van der Waals surface area contributed by atoms with E-state index in [-0.39, 0.29) is 18.7 Å². The summed E-state index contributed by atoms with van der Waals surface area (Å²) in [5, 5.41) is 8.79. The molecule has 1 atom stereocenters. The molecule has 1 fully saturated rings. The summed E-state index contributed by atoms with van der Waals surface area (Å²) in [4.78, 5) is 24.7. The second-order valence-electron chi connectivity index (χ2n) is 4.96. The maximum atomic E-state index is 12.3. The quantitative estimate of drug-likeness (QED) is 0.874. The number of hydrogen-bond acceptors (Lipinski definition) is 4. The van der Waals surface area contributed by atoms with Crippen molar-refractivity contribution >= 4 is 11.9 Å². The number of carbonyl (C=O) groups is 2. The van der Waals surface area contributed by atoms with Crippen molar-refractivity contribution < 1.29 is 24.2 Å². The number of methoxy groups -OCH3 is 1. The van der Waals surface area contributed by atoms with E-state index >= 15 is 0 Å². The monoisotopic (exact) mass is 293 g/mol. The van der Waals surface area contributed by atoms with Gasteiger partial charge in [0, 0.05) is 13.1 Å². The van der Waals surface area contributed by atoms with Crippen LogP contribution in [0.25, 0.3) is 0 Å². The fourth-order valence-corrected chi connectivity index (χ4v) is 2.33. The minimum atomic E-state index is -0.915. The van der Waals surface area contributed by atoms with Crippen molar-refractivity contribution in [2.45, 2.75) is 18.9 Å². The SMILES string of the molecule is COc1cccc(CC(=O)N2CCOC(CC(=O)O)C2)c1. The van der Waals surface area contributed by atoms with E-state index in [9.17, 15) is 9.59 Å². The lowest BCUT2D eigenvalue weighted by Crippen LogP contribution is -2.46. The first kappa shape index (κ1) is 15.3. The third-order valence-corrected chi connectivity index (χ3v) is 3.38. The summed E-state index contributed by atoms with van der Waals surface area (Å²) in [6, 6.07) is 7.36. The Morgan fingerprint density at radius 2 is 2.29 bits per heavy atom. The molecule has 2 rings (SSSR count). The van der Waals surface area contributed by atoms with E-state index in [4.69, 9.17) is 14.6 Å². The first-order chi connectivity index (χ1) is 10.1. The van der Waals surface area contributed by atoms with Crippen molar-refractivity contribution in [3.63, 3.8) is 0 Å². The zero-order valence-electron chi connectivity index (χ0n) is 11.9. The molecule has 6 heteroatoms. The number of carboxylic acids is 1. The van der Waals surface area contributed by atoms with Crippen LogP contribution in [-0.2, 0) is 20.7 Å². The predicted octanol–water partition coefficient (Wildman–Crippen LogP) is 0.940. The van der Waals surface area contributed by atoms with Gasteiger partial charge in [0.2, 0.25) is 5.91 Å². The molecule has 1 N–H and O–H groups in total. The summed E-state index contributed by atoms with van der Waals surface area (Å²) >= 11 is 0. The molecular weight excluding hydrogens is 274 g/mol. The molecule has 0 bridgehead atoms. The highest BCUT2D eigenvalue weighted by Gasteiger charge is 2.25. The highest BCUT2D eigenvalue weighted by Crippen LogP contribution is 2.15. The van der Waals surface area contributed by atoms with Crippen molar-refractivity contribution in [3.8, 4) is 5.75 Å². The number of rotatable bonds is 5. The highest BCUT2D eigenvalue weighted by atomic mass is 16.5. The molecule has 0 saturated carbocycles. The standard InChI is InChI=1S/C15H19NO5/c1-20-12-4-2-3-11(7-12)8-14(17)16-5-6-21-13(10-16)9-15(18)19/h2-4,7,13H,5-6,8-10H2,1H3,(H,18,19). The van der Waals surface area contributed by atoms with Crippen LogP contribution >= 0.6 is 0 Å². The maximum absolute atomic E-state index is 12.3. The van der Waals surface area contributed by atoms with E-state index in [2.05, 4.69) is 0 Å². The Balaban J connectivity index is 1.94. The number of hydrogen-bond donors (Lipinski definition) is 1. The Morgan fingerprint density at radius 1 is 1.48 bits per heavy atom. The van der Waals surface area contributed by atoms with Crippen LogP contribution in [0.3, 0.4) is 0 Å². The molecule has 0 spiro atoms. The van der Waals surface area contributed by atoms with E-state index in [1.807, 2.05) is 24.3 Å². The first-order valence-corrected chi connectivity index (χ1v) is 6.82. The fraction of sp³-hybridized carbons (Fsp3) is 0.467. The summed E-state index contributed by atoms with van der Waals surface area (Å²) in [5.74, 6) is -0.227. The molecule has 1 saturated heterocycles. The molecule has 1 aliphatic heterocycles. The van der Waals surface area contributed by atoms with Crippen LogP contribution in [0.2, 0.25) is 0 Å². The van der Waals surface area contributed by atoms with Gasteiger partial charge in [-0.05, 0) is 17.7 Å². The molecule has 0 aliphatic carbocycles. The summed E-state index contributed by atoms with van der Waals surface area (Å²) in [5.41, 5.74) is 0.876. The van der Waals surface area contributed by atoms with Crippen molar-refractivity contribution in [2.75, 3.05) is 26.8 Å². The molecule has 21 heavy (non-hydrogen) atoms. The van der Waals surface area contributed by atoms with E-state index in [1.165, 1.54) is 0 Å². The number of aliphatic carboxylic acids is 1. The molecule has 114 valence electrons. The van der Waals surface area contributed by atoms with E-state index < -0.39 is 12.1 Å². The van der Waals surface area contributed by atoms with Gasteiger partial charge in [0.15, 0.2) is 0 Å². The summed E-state index contributed by atoms with van der Waals surface area (Å²) in [6.45, 7) is 1.20. The smallest absolute Gasteiger partial charge is 0.306 e. The van der Waals surface area contributed by atoms with E-state index in [0.29, 0.717) is 25.4 Å². The van der Waals surface area contributed by atoms with Gasteiger partial charge >= 0.3 is 5.97 Å². The largest absolute Gasteiger partial charge is 0.497 e. The summed E-state index contributed by atoms with van der Waals surface area (Å²) in [7, 11) is 1.58. The maximum Gasteiger partial charge on any atom is 0.306 e. The normalized spacial score (nSPS) is 18.3. The second-order valence-corrected chi connectivity index (χ2v) is 4.96. The lowest BCUT2D eigenvalue weighted by molar-refractivity contribution is -0.147. The molecule has 1 aromatic rings. The van der Waals surface area contributed by atoms with E-state index in [1.54, 1.807) is 12.0 Å². The number of carboxylic acid groups (broad SMARTS) is 1. The highest BCUT2D eigenvalue weighted by molar-refractivity contribution is 5.79. The van der Waals surface area contributed by atoms with Crippen LogP contribution in [-0.4, -0.2) is 54.8 Å². The molecular formula is C15H19NO5. The Hall–Kier alpha value is -2.08. The van der Waals surface area contributed by atoms with Crippen LogP contribution < -0.4 is 4.74 Å². The van der Waals surface area contributed by atoms with Gasteiger partial charge in [-0.25, -0.2) is 0 Å². The number of morpholine rings is 1. The molecule has 6 nitrogen and oxygen atoms in total. The molecule has 1 amide bonds. The lowest BCUT2D eigenvalue weighted by atomic mass is 10.1. The Morgan fingerprint density at radius 3 is 3.00 bits per heavy atom. The van der Waals surface area contributed by atoms with Gasteiger partial charge in [-0.2, -0.15) is 0 Å². The van der Waals surface area contributed by atoms with Crippen LogP contribution in [0.15, 0.2) is 24.3 Å². The first-order valence-electron chi connectivity index (χ1n) is 6.82. The number of benzene rings is 1. The molecule has 1 aliphatic rings. The van der Waals surface area contributed by atoms with Crippen LogP contribution in [0.4, 0.5) is 0 Å². The van der Waals surface area contributed by atoms with Crippen LogP contribution in [0.1, 0.15) is 12.0 Å². The molecule has 1 unspecified atom stereocenters. The number of nitrogens with zero attached hydrogens (tertiary/aromatic N) is 1. The van der Waals surface area contributed by atoms with Gasteiger partial charge in [-0.15, -0.1) is 0 Å². The molecule has 1 heterocycles. The van der Waals surface area contributed by atoms with Crippen molar-refractivity contribution in [1.29, 1.82) is 0 Å². The van der Waals surface area contributed by atoms with Gasteiger partial charge in [0.25, 0.3) is 0 Å². The zero-order valence-corrected chi connectivity index (χ0v) is 11.9. The average molecular weight is 293 g/mol. The predicted molar refractivity (Wildman–Crippen MR) is 75.3 cm³/mol. The Labute approximate surface area is 123 Å². The van der Waals surface area contributed by atoms with Crippen molar-refractivity contribution in [2.24, 2.45) is 0 Å².